The van der Waals surface area contributed by atoms with Gasteiger partial charge < -0.3 is 19.1 Å². The Kier molecular flexibility index (Phi) is 8.67. The molecule has 0 amide bonds. The van der Waals surface area contributed by atoms with Crippen molar-refractivity contribution in [2.24, 2.45) is 7.05 Å². The predicted molar refractivity (Wildman–Crippen MR) is 142 cm³/mol. The summed E-state index contributed by atoms with van der Waals surface area (Å²) in [5.41, 5.74) is -0.935. The maximum absolute atomic E-state index is 12.7. The van der Waals surface area contributed by atoms with E-state index in [-0.39, 0.29) is 30.1 Å². The van der Waals surface area contributed by atoms with Gasteiger partial charge in [0.25, 0.3) is 5.56 Å². The third-order valence-electron chi connectivity index (χ3n) is 5.88. The minimum Gasteiger partial charge on any atom is -0.490 e. The maximum atomic E-state index is 12.7. The highest BCUT2D eigenvalue weighted by molar-refractivity contribution is 7.99. The molecule has 4 rings (SSSR count). The van der Waals surface area contributed by atoms with Gasteiger partial charge in [-0.25, -0.2) is 9.78 Å². The second kappa shape index (κ2) is 12.1. The van der Waals surface area contributed by atoms with Crippen molar-refractivity contribution in [1.29, 1.82) is 0 Å². The van der Waals surface area contributed by atoms with Crippen molar-refractivity contribution in [3.05, 3.63) is 63.3 Å². The molecule has 11 heteroatoms. The third-order valence-corrected chi connectivity index (χ3v) is 6.83. The molecule has 37 heavy (non-hydrogen) atoms. The first-order valence-electron chi connectivity index (χ1n) is 12.2. The zero-order valence-corrected chi connectivity index (χ0v) is 21.6. The summed E-state index contributed by atoms with van der Waals surface area (Å²) in [5.74, 6) is 0.208. The number of hydrogen-bond acceptors (Lipinski definition) is 8. The zero-order valence-electron chi connectivity index (χ0n) is 20.8. The number of aromatic amines is 1. The van der Waals surface area contributed by atoms with Crippen LogP contribution in [0.4, 0.5) is 0 Å². The number of hydrogen-bond donors (Lipinski definition) is 2. The molecule has 1 atom stereocenters. The molecule has 0 fully saturated rings. The molecular formula is C26H30N4O6S. The number of carbonyl (C=O) groups excluding carboxylic acids is 1. The van der Waals surface area contributed by atoms with Crippen LogP contribution < -0.4 is 16.0 Å². The molecule has 0 unspecified atom stereocenters. The Balaban J connectivity index is 1.53. The van der Waals surface area contributed by atoms with Crippen LogP contribution in [0.1, 0.15) is 26.2 Å². The standard InChI is InChI=1S/C26H30N4O6S/c1-3-4-7-13-35-21(32)16-37-26-27-23-22(24(33)28-25(34)29(23)2)30(26)14-18(31)15-36-20-12-8-10-17-9-5-6-11-19(17)20/h5-6,8-12,18,31H,3-4,7,13-16H2,1-2H3,(H,28,33,34)/t18-/m1/s1. The lowest BCUT2D eigenvalue weighted by Crippen LogP contribution is -2.30. The number of ether oxygens (including phenoxy) is 2. The molecule has 196 valence electrons. The highest BCUT2D eigenvalue weighted by atomic mass is 32.2. The molecule has 0 aliphatic carbocycles. The second-order valence-corrected chi connectivity index (χ2v) is 9.60. The van der Waals surface area contributed by atoms with Crippen LogP contribution in [0.15, 0.2) is 57.2 Å². The van der Waals surface area contributed by atoms with Gasteiger partial charge in [-0.3, -0.25) is 19.1 Å². The number of aliphatic hydroxyl groups is 1. The SMILES string of the molecule is CCCCCOC(=O)CSc1nc2c(c(=O)[nH]c(=O)n2C)n1C[C@@H](O)COc1cccc2ccccc12. The lowest BCUT2D eigenvalue weighted by molar-refractivity contribution is -0.140. The number of esters is 1. The molecule has 2 aromatic heterocycles. The van der Waals surface area contributed by atoms with Crippen LogP contribution in [0, 0.1) is 0 Å². The van der Waals surface area contributed by atoms with Gasteiger partial charge in [0.15, 0.2) is 16.3 Å². The molecular weight excluding hydrogens is 496 g/mol. The summed E-state index contributed by atoms with van der Waals surface area (Å²) in [7, 11) is 1.49. The summed E-state index contributed by atoms with van der Waals surface area (Å²) in [4.78, 5) is 43.7. The number of nitrogens with one attached hydrogen (secondary N) is 1. The van der Waals surface area contributed by atoms with Crippen LogP contribution in [-0.2, 0) is 23.1 Å². The molecule has 0 spiro atoms. The number of aryl methyl sites for hydroxylation is 1. The number of H-pyrrole nitrogens is 1. The maximum Gasteiger partial charge on any atom is 0.329 e. The first-order chi connectivity index (χ1) is 17.9. The molecule has 0 radical (unpaired) electrons. The molecule has 0 bridgehead atoms. The van der Waals surface area contributed by atoms with Gasteiger partial charge in [0.1, 0.15) is 18.5 Å². The number of carbonyl (C=O) groups is 1. The minimum atomic E-state index is -1.01. The van der Waals surface area contributed by atoms with Crippen molar-refractivity contribution in [2.45, 2.75) is 44.0 Å². The van der Waals surface area contributed by atoms with Gasteiger partial charge in [-0.15, -0.1) is 0 Å². The Morgan fingerprint density at radius 1 is 1.16 bits per heavy atom. The van der Waals surface area contributed by atoms with E-state index in [4.69, 9.17) is 9.47 Å². The van der Waals surface area contributed by atoms with Gasteiger partial charge >= 0.3 is 11.7 Å². The van der Waals surface area contributed by atoms with Crippen LogP contribution in [0.2, 0.25) is 0 Å². The van der Waals surface area contributed by atoms with Gasteiger partial charge in [0.2, 0.25) is 0 Å². The fourth-order valence-electron chi connectivity index (χ4n) is 3.97. The van der Waals surface area contributed by atoms with Gasteiger partial charge in [-0.2, -0.15) is 0 Å². The van der Waals surface area contributed by atoms with Crippen molar-refractivity contribution >= 4 is 39.7 Å². The Morgan fingerprint density at radius 3 is 2.76 bits per heavy atom. The van der Waals surface area contributed by atoms with Crippen molar-refractivity contribution in [1.82, 2.24) is 19.1 Å². The van der Waals surface area contributed by atoms with E-state index < -0.39 is 23.3 Å². The summed E-state index contributed by atoms with van der Waals surface area (Å²) in [6, 6.07) is 13.5. The highest BCUT2D eigenvalue weighted by Gasteiger charge is 2.21. The number of fused-ring (bicyclic) bond motifs is 2. The minimum absolute atomic E-state index is 0.0239. The number of rotatable bonds is 12. The molecule has 10 nitrogen and oxygen atoms in total. The number of benzene rings is 2. The number of nitrogens with zero attached hydrogens (tertiary/aromatic N) is 3. The average molecular weight is 527 g/mol. The molecule has 2 aromatic carbocycles. The quantitative estimate of drug-likeness (QED) is 0.164. The van der Waals surface area contributed by atoms with Crippen LogP contribution in [0.25, 0.3) is 21.9 Å². The smallest absolute Gasteiger partial charge is 0.329 e. The van der Waals surface area contributed by atoms with Gasteiger partial charge in [-0.1, -0.05) is 67.9 Å². The van der Waals surface area contributed by atoms with Crippen molar-refractivity contribution in [2.75, 3.05) is 19.0 Å². The number of unbranched alkanes of at least 4 members (excludes halogenated alkanes) is 2. The fraction of sp³-hybridized carbons (Fsp3) is 0.385. The van der Waals surface area contributed by atoms with E-state index in [2.05, 4.69) is 16.9 Å². The zero-order chi connectivity index (χ0) is 26.4. The lowest BCUT2D eigenvalue weighted by Gasteiger charge is -2.16. The van der Waals surface area contributed by atoms with Crippen LogP contribution in [0.5, 0.6) is 5.75 Å². The van der Waals surface area contributed by atoms with E-state index in [0.717, 1.165) is 41.8 Å². The number of imidazole rings is 1. The number of aromatic nitrogens is 4. The molecule has 0 aliphatic rings. The van der Waals surface area contributed by atoms with E-state index in [1.807, 2.05) is 42.5 Å². The van der Waals surface area contributed by atoms with Crippen molar-refractivity contribution in [3.8, 4) is 5.75 Å². The van der Waals surface area contributed by atoms with Crippen molar-refractivity contribution in [3.63, 3.8) is 0 Å². The van der Waals surface area contributed by atoms with Gasteiger partial charge in [0, 0.05) is 12.4 Å². The summed E-state index contributed by atoms with van der Waals surface area (Å²) in [6.07, 6.45) is 1.79. The normalized spacial score (nSPS) is 12.2. The first kappa shape index (κ1) is 26.5. The van der Waals surface area contributed by atoms with Crippen LogP contribution in [0.3, 0.4) is 0 Å². The van der Waals surface area contributed by atoms with E-state index in [0.29, 0.717) is 17.5 Å². The average Bonchev–Trinajstić information content (AvgIpc) is 3.26. The molecule has 0 saturated carbocycles. The Hall–Kier alpha value is -3.57. The molecule has 0 saturated heterocycles. The van der Waals surface area contributed by atoms with Crippen LogP contribution in [-0.4, -0.2) is 55.2 Å². The number of aliphatic hydroxyl groups excluding tert-OH is 1. The third kappa shape index (κ3) is 6.23. The molecule has 4 aromatic rings. The Bertz CT molecular complexity index is 1500. The van der Waals surface area contributed by atoms with E-state index >= 15 is 0 Å². The largest absolute Gasteiger partial charge is 0.490 e. The number of thioether (sulfide) groups is 1. The Morgan fingerprint density at radius 2 is 1.95 bits per heavy atom. The highest BCUT2D eigenvalue weighted by Crippen LogP contribution is 2.26. The van der Waals surface area contributed by atoms with E-state index in [1.165, 1.54) is 16.2 Å². The summed E-state index contributed by atoms with van der Waals surface area (Å²) < 4.78 is 13.9. The first-order valence-corrected chi connectivity index (χ1v) is 13.1. The topological polar surface area (TPSA) is 128 Å². The van der Waals surface area contributed by atoms with E-state index in [1.54, 1.807) is 0 Å². The van der Waals surface area contributed by atoms with Gasteiger partial charge in [-0.05, 0) is 17.9 Å². The second-order valence-electron chi connectivity index (χ2n) is 8.65. The molecule has 2 heterocycles. The predicted octanol–water partition coefficient (Wildman–Crippen LogP) is 2.84. The monoisotopic (exact) mass is 526 g/mol. The summed E-state index contributed by atoms with van der Waals surface area (Å²) >= 11 is 1.08. The van der Waals surface area contributed by atoms with Gasteiger partial charge in [0.05, 0.1) is 18.9 Å². The lowest BCUT2D eigenvalue weighted by atomic mass is 10.1. The molecule has 2 N–H and O–H groups in total. The van der Waals surface area contributed by atoms with E-state index in [9.17, 15) is 19.5 Å². The van der Waals surface area contributed by atoms with Crippen molar-refractivity contribution < 1.29 is 19.4 Å². The summed E-state index contributed by atoms with van der Waals surface area (Å²) in [5, 5.41) is 13.1. The molecule has 0 aliphatic heterocycles. The van der Waals surface area contributed by atoms with Crippen LogP contribution >= 0.6 is 11.8 Å². The summed E-state index contributed by atoms with van der Waals surface area (Å²) in [6.45, 7) is 2.35. The Labute approximate surface area is 217 Å². The fourth-order valence-corrected chi connectivity index (χ4v) is 4.77.